The molecule has 1 rings (SSSR count). The van der Waals surface area contributed by atoms with E-state index in [0.29, 0.717) is 0 Å². The van der Waals surface area contributed by atoms with E-state index < -0.39 is 0 Å². The van der Waals surface area contributed by atoms with Crippen molar-refractivity contribution >= 4 is 0 Å². The number of hydrogen-bond donors (Lipinski definition) is 0. The first-order valence-electron chi connectivity index (χ1n) is 4.14. The third kappa shape index (κ3) is 2.14. The van der Waals surface area contributed by atoms with E-state index in [0.717, 1.165) is 5.92 Å². The normalized spacial score (nSPS) is 29.5. The van der Waals surface area contributed by atoms with Crippen molar-refractivity contribution in [3.05, 3.63) is 12.7 Å². The van der Waals surface area contributed by atoms with Gasteiger partial charge in [-0.3, -0.25) is 0 Å². The Balaban J connectivity index is 2.32. The summed E-state index contributed by atoms with van der Waals surface area (Å²) < 4.78 is 0. The van der Waals surface area contributed by atoms with Crippen LogP contribution in [0.4, 0.5) is 0 Å². The topological polar surface area (TPSA) is 3.24 Å². The molecule has 0 amide bonds. The van der Waals surface area contributed by atoms with Crippen molar-refractivity contribution < 1.29 is 0 Å². The summed E-state index contributed by atoms with van der Waals surface area (Å²) in [6.45, 7) is 6.35. The summed E-state index contributed by atoms with van der Waals surface area (Å²) in [6, 6.07) is 0. The Labute approximate surface area is 63.7 Å². The average molecular weight is 139 g/mol. The smallest absolute Gasteiger partial charge is 0.00162 e. The number of rotatable bonds is 1. The fourth-order valence-electron chi connectivity index (χ4n) is 1.50. The number of hydrogen-bond acceptors (Lipinski definition) is 1. The van der Waals surface area contributed by atoms with Crippen LogP contribution < -0.4 is 0 Å². The molecule has 0 aliphatic carbocycles. The molecule has 0 aromatic rings. The third-order valence-corrected chi connectivity index (χ3v) is 2.33. The van der Waals surface area contributed by atoms with Crippen LogP contribution in [-0.4, -0.2) is 25.0 Å². The minimum atomic E-state index is 0.782. The molecule has 1 heterocycles. The highest BCUT2D eigenvalue weighted by molar-refractivity contribution is 4.81. The Hall–Kier alpha value is -0.300. The van der Waals surface area contributed by atoms with E-state index in [1.165, 1.54) is 32.4 Å². The molecule has 1 atom stereocenters. The molecule has 0 bridgehead atoms. The lowest BCUT2D eigenvalue weighted by molar-refractivity contribution is 0.346. The highest BCUT2D eigenvalue weighted by Gasteiger charge is 2.10. The van der Waals surface area contributed by atoms with Gasteiger partial charge in [-0.05, 0) is 45.3 Å². The van der Waals surface area contributed by atoms with Gasteiger partial charge in [-0.15, -0.1) is 6.58 Å². The molecule has 1 nitrogen and oxygen atoms in total. The van der Waals surface area contributed by atoms with Crippen molar-refractivity contribution in [2.24, 2.45) is 5.92 Å². The van der Waals surface area contributed by atoms with Gasteiger partial charge in [0.1, 0.15) is 0 Å². The van der Waals surface area contributed by atoms with E-state index in [1.54, 1.807) is 0 Å². The molecule has 58 valence electrons. The van der Waals surface area contributed by atoms with Crippen LogP contribution in [0, 0.1) is 5.92 Å². The SMILES string of the molecule is C=CC1CCCN(C)CC1. The van der Waals surface area contributed by atoms with Gasteiger partial charge in [-0.1, -0.05) is 6.08 Å². The third-order valence-electron chi connectivity index (χ3n) is 2.33. The van der Waals surface area contributed by atoms with E-state index in [2.05, 4.69) is 24.6 Å². The molecule has 0 N–H and O–H groups in total. The Bertz CT molecular complexity index is 109. The van der Waals surface area contributed by atoms with Gasteiger partial charge in [0.2, 0.25) is 0 Å². The number of likely N-dealkylation sites (tertiary alicyclic amines) is 1. The fourth-order valence-corrected chi connectivity index (χ4v) is 1.50. The van der Waals surface area contributed by atoms with Gasteiger partial charge in [0.05, 0.1) is 0 Å². The highest BCUT2D eigenvalue weighted by atomic mass is 15.1. The molecule has 0 saturated carbocycles. The quantitative estimate of drug-likeness (QED) is 0.501. The van der Waals surface area contributed by atoms with Gasteiger partial charge in [0, 0.05) is 0 Å². The van der Waals surface area contributed by atoms with Gasteiger partial charge < -0.3 is 4.90 Å². The second-order valence-corrected chi connectivity index (χ2v) is 3.23. The number of allylic oxidation sites excluding steroid dienone is 1. The second-order valence-electron chi connectivity index (χ2n) is 3.23. The summed E-state index contributed by atoms with van der Waals surface area (Å²) in [5, 5.41) is 0. The molecule has 1 aliphatic rings. The minimum absolute atomic E-state index is 0.782. The van der Waals surface area contributed by atoms with Gasteiger partial charge >= 0.3 is 0 Å². The van der Waals surface area contributed by atoms with Crippen molar-refractivity contribution in [3.63, 3.8) is 0 Å². The summed E-state index contributed by atoms with van der Waals surface area (Å²) >= 11 is 0. The van der Waals surface area contributed by atoms with Crippen LogP contribution in [0.1, 0.15) is 19.3 Å². The molecule has 0 aromatic carbocycles. The Morgan fingerprint density at radius 1 is 1.40 bits per heavy atom. The van der Waals surface area contributed by atoms with E-state index in [1.807, 2.05) is 0 Å². The summed E-state index contributed by atoms with van der Waals surface area (Å²) in [7, 11) is 2.20. The van der Waals surface area contributed by atoms with Crippen LogP contribution in [0.3, 0.4) is 0 Å². The first-order chi connectivity index (χ1) is 4.83. The van der Waals surface area contributed by atoms with Gasteiger partial charge in [0.25, 0.3) is 0 Å². The lowest BCUT2D eigenvalue weighted by Gasteiger charge is -2.11. The Morgan fingerprint density at radius 3 is 2.90 bits per heavy atom. The average Bonchev–Trinajstić information content (AvgIpc) is 2.14. The molecular formula is C9H17N. The van der Waals surface area contributed by atoms with Crippen molar-refractivity contribution in [2.45, 2.75) is 19.3 Å². The Morgan fingerprint density at radius 2 is 2.20 bits per heavy atom. The fraction of sp³-hybridized carbons (Fsp3) is 0.778. The van der Waals surface area contributed by atoms with E-state index >= 15 is 0 Å². The minimum Gasteiger partial charge on any atom is -0.306 e. The van der Waals surface area contributed by atoms with Crippen LogP contribution in [0.2, 0.25) is 0 Å². The number of nitrogens with zero attached hydrogens (tertiary/aromatic N) is 1. The van der Waals surface area contributed by atoms with Gasteiger partial charge in [-0.25, -0.2) is 0 Å². The van der Waals surface area contributed by atoms with Crippen molar-refractivity contribution in [2.75, 3.05) is 20.1 Å². The van der Waals surface area contributed by atoms with Crippen molar-refractivity contribution in [1.82, 2.24) is 4.90 Å². The maximum atomic E-state index is 3.83. The summed E-state index contributed by atoms with van der Waals surface area (Å²) in [4.78, 5) is 2.41. The Kier molecular flexibility index (Phi) is 2.94. The van der Waals surface area contributed by atoms with Crippen LogP contribution in [0.5, 0.6) is 0 Å². The molecule has 0 aromatic heterocycles. The van der Waals surface area contributed by atoms with Crippen LogP contribution in [-0.2, 0) is 0 Å². The molecule has 1 fully saturated rings. The van der Waals surface area contributed by atoms with Crippen molar-refractivity contribution in [1.29, 1.82) is 0 Å². The maximum absolute atomic E-state index is 3.83. The molecule has 10 heavy (non-hydrogen) atoms. The summed E-state index contributed by atoms with van der Waals surface area (Å²) in [5.74, 6) is 0.782. The van der Waals surface area contributed by atoms with Crippen LogP contribution >= 0.6 is 0 Å². The molecule has 1 unspecified atom stereocenters. The van der Waals surface area contributed by atoms with E-state index in [9.17, 15) is 0 Å². The van der Waals surface area contributed by atoms with Gasteiger partial charge in [-0.2, -0.15) is 0 Å². The first kappa shape index (κ1) is 7.80. The van der Waals surface area contributed by atoms with Gasteiger partial charge in [0.15, 0.2) is 0 Å². The first-order valence-corrected chi connectivity index (χ1v) is 4.14. The molecule has 0 radical (unpaired) electrons. The molecule has 1 saturated heterocycles. The van der Waals surface area contributed by atoms with Crippen LogP contribution in [0.25, 0.3) is 0 Å². The molecule has 0 spiro atoms. The molecule has 1 aliphatic heterocycles. The maximum Gasteiger partial charge on any atom is -0.00162 e. The zero-order valence-corrected chi connectivity index (χ0v) is 6.84. The van der Waals surface area contributed by atoms with E-state index in [-0.39, 0.29) is 0 Å². The monoisotopic (exact) mass is 139 g/mol. The molecule has 1 heteroatoms. The summed E-state index contributed by atoms with van der Waals surface area (Å²) in [6.07, 6.45) is 6.10. The molecular weight excluding hydrogens is 122 g/mol. The zero-order valence-electron chi connectivity index (χ0n) is 6.84. The zero-order chi connectivity index (χ0) is 7.40. The highest BCUT2D eigenvalue weighted by Crippen LogP contribution is 2.16. The predicted octanol–water partition coefficient (Wildman–Crippen LogP) is 1.90. The van der Waals surface area contributed by atoms with E-state index in [4.69, 9.17) is 0 Å². The van der Waals surface area contributed by atoms with Crippen LogP contribution in [0.15, 0.2) is 12.7 Å². The largest absolute Gasteiger partial charge is 0.306 e. The standard InChI is InChI=1S/C9H17N/c1-3-9-5-4-7-10(2)8-6-9/h3,9H,1,4-8H2,2H3. The van der Waals surface area contributed by atoms with Crippen molar-refractivity contribution in [3.8, 4) is 0 Å². The lowest BCUT2D eigenvalue weighted by Crippen LogP contribution is -2.18. The lowest BCUT2D eigenvalue weighted by atomic mass is 10.0. The second kappa shape index (κ2) is 3.77. The predicted molar refractivity (Wildman–Crippen MR) is 45.0 cm³/mol. The summed E-state index contributed by atoms with van der Waals surface area (Å²) in [5.41, 5.74) is 0.